The van der Waals surface area contributed by atoms with Crippen LogP contribution in [0.15, 0.2) is 37.2 Å². The van der Waals surface area contributed by atoms with Crippen molar-refractivity contribution in [3.05, 3.63) is 54.3 Å². The molecule has 0 N–H and O–H groups in total. The van der Waals surface area contributed by atoms with Crippen molar-refractivity contribution in [3.8, 4) is 11.3 Å². The van der Waals surface area contributed by atoms with Crippen molar-refractivity contribution in [3.63, 3.8) is 0 Å². The molecule has 4 heterocycles. The van der Waals surface area contributed by atoms with Crippen LogP contribution in [0.3, 0.4) is 0 Å². The minimum absolute atomic E-state index is 0.0336. The summed E-state index contributed by atoms with van der Waals surface area (Å²) in [5.41, 5.74) is -0.281. The molecular weight excluding hydrogens is 473 g/mol. The lowest BCUT2D eigenvalue weighted by molar-refractivity contribution is -0.138. The van der Waals surface area contributed by atoms with Crippen molar-refractivity contribution in [2.75, 3.05) is 6.54 Å². The van der Waals surface area contributed by atoms with Crippen molar-refractivity contribution >= 4 is 5.91 Å². The second kappa shape index (κ2) is 9.27. The van der Waals surface area contributed by atoms with E-state index in [1.165, 1.54) is 23.3 Å². The zero-order valence-electron chi connectivity index (χ0n) is 18.9. The third-order valence-corrected chi connectivity index (χ3v) is 5.91. The maximum atomic E-state index is 14.5. The molecule has 13 heteroatoms. The number of piperidine rings is 1. The number of likely N-dealkylation sites (tertiary alicyclic amines) is 1. The van der Waals surface area contributed by atoms with Crippen LogP contribution in [0.4, 0.5) is 22.0 Å². The van der Waals surface area contributed by atoms with E-state index in [1.54, 1.807) is 20.2 Å². The summed E-state index contributed by atoms with van der Waals surface area (Å²) in [4.78, 5) is 30.3. The SMILES string of the molecule is C[C@@H]1CC(F)(F)CN(C(=O)c2nn(C)cc2-c2cnccn2)[C@@H]1CCc1ncc(C(F)(F)F)cn1. The number of nitrogens with zero attached hydrogens (tertiary/aromatic N) is 7. The van der Waals surface area contributed by atoms with E-state index < -0.39 is 48.5 Å². The standard InChI is InChI=1S/C22H22F5N7O/c1-13-7-21(23,24)12-34(17(13)3-4-18-30-8-14(9-31-18)22(25,26)27)20(35)19-15(11-33(2)32-19)16-10-28-5-6-29-16/h5-6,8-11,13,17H,3-4,7,12H2,1-2H3/t13-,17-/m1/s1. The number of hydrogen-bond donors (Lipinski definition) is 0. The molecule has 1 fully saturated rings. The minimum atomic E-state index is -4.56. The lowest BCUT2D eigenvalue weighted by Gasteiger charge is -2.43. The molecule has 0 unspecified atom stereocenters. The Hall–Kier alpha value is -3.51. The Bertz CT molecular complexity index is 1180. The number of rotatable bonds is 5. The first kappa shape index (κ1) is 24.6. The molecule has 1 aliphatic heterocycles. The number of amides is 1. The average Bonchev–Trinajstić information content (AvgIpc) is 3.19. The summed E-state index contributed by atoms with van der Waals surface area (Å²) in [7, 11) is 1.60. The maximum Gasteiger partial charge on any atom is 0.419 e. The fraction of sp³-hybridized carbons (Fsp3) is 0.455. The molecule has 35 heavy (non-hydrogen) atoms. The summed E-state index contributed by atoms with van der Waals surface area (Å²) in [6.07, 6.45) is 2.62. The van der Waals surface area contributed by atoms with Crippen LogP contribution in [-0.4, -0.2) is 59.0 Å². The zero-order valence-corrected chi connectivity index (χ0v) is 18.9. The van der Waals surface area contributed by atoms with Gasteiger partial charge in [-0.2, -0.15) is 18.3 Å². The van der Waals surface area contributed by atoms with Crippen molar-refractivity contribution in [2.24, 2.45) is 13.0 Å². The normalized spacial score (nSPS) is 20.1. The smallest absolute Gasteiger partial charge is 0.328 e. The van der Waals surface area contributed by atoms with Crippen LogP contribution in [0.25, 0.3) is 11.3 Å². The van der Waals surface area contributed by atoms with Crippen LogP contribution in [0.1, 0.15) is 41.6 Å². The first-order valence-electron chi connectivity index (χ1n) is 10.8. The Labute approximate surface area is 197 Å². The fourth-order valence-electron chi connectivity index (χ4n) is 4.32. The first-order chi connectivity index (χ1) is 16.4. The molecule has 3 aromatic heterocycles. The van der Waals surface area contributed by atoms with Crippen molar-refractivity contribution in [1.82, 2.24) is 34.6 Å². The summed E-state index contributed by atoms with van der Waals surface area (Å²) in [6, 6.07) is -0.621. The van der Waals surface area contributed by atoms with Gasteiger partial charge in [-0.1, -0.05) is 6.92 Å². The second-order valence-electron chi connectivity index (χ2n) is 8.62. The van der Waals surface area contributed by atoms with Gasteiger partial charge in [0.1, 0.15) is 5.82 Å². The van der Waals surface area contributed by atoms with Gasteiger partial charge in [-0.25, -0.2) is 18.7 Å². The highest BCUT2D eigenvalue weighted by atomic mass is 19.4. The van der Waals surface area contributed by atoms with Gasteiger partial charge < -0.3 is 4.90 Å². The first-order valence-corrected chi connectivity index (χ1v) is 10.8. The summed E-state index contributed by atoms with van der Waals surface area (Å²) in [5.74, 6) is -4.23. The van der Waals surface area contributed by atoms with E-state index in [-0.39, 0.29) is 24.4 Å². The quantitative estimate of drug-likeness (QED) is 0.501. The monoisotopic (exact) mass is 495 g/mol. The Morgan fingerprint density at radius 2 is 1.86 bits per heavy atom. The van der Waals surface area contributed by atoms with Crippen molar-refractivity contribution in [2.45, 2.75) is 44.3 Å². The molecule has 8 nitrogen and oxygen atoms in total. The number of aromatic nitrogens is 6. The molecule has 0 saturated carbocycles. The number of carbonyl (C=O) groups is 1. The van der Waals surface area contributed by atoms with E-state index in [4.69, 9.17) is 0 Å². The average molecular weight is 495 g/mol. The summed E-state index contributed by atoms with van der Waals surface area (Å²) >= 11 is 0. The highest BCUT2D eigenvalue weighted by Gasteiger charge is 2.46. The van der Waals surface area contributed by atoms with E-state index in [1.807, 2.05) is 0 Å². The fourth-order valence-corrected chi connectivity index (χ4v) is 4.32. The molecule has 0 aliphatic carbocycles. The van der Waals surface area contributed by atoms with Gasteiger partial charge in [0, 0.05) is 56.9 Å². The topological polar surface area (TPSA) is 89.7 Å². The largest absolute Gasteiger partial charge is 0.419 e. The number of halogens is 5. The van der Waals surface area contributed by atoms with E-state index in [0.29, 0.717) is 23.7 Å². The van der Waals surface area contributed by atoms with Crippen molar-refractivity contribution < 1.29 is 26.7 Å². The van der Waals surface area contributed by atoms with E-state index in [9.17, 15) is 26.7 Å². The van der Waals surface area contributed by atoms with Gasteiger partial charge in [-0.15, -0.1) is 0 Å². The molecule has 0 aromatic carbocycles. The number of hydrogen-bond acceptors (Lipinski definition) is 6. The summed E-state index contributed by atoms with van der Waals surface area (Å²) in [5, 5.41) is 4.20. The third-order valence-electron chi connectivity index (χ3n) is 5.91. The predicted octanol–water partition coefficient (Wildman–Crippen LogP) is 3.80. The van der Waals surface area contributed by atoms with Crippen LogP contribution >= 0.6 is 0 Å². The van der Waals surface area contributed by atoms with Gasteiger partial charge in [0.05, 0.1) is 29.6 Å². The Kier molecular flexibility index (Phi) is 6.52. The molecule has 1 saturated heterocycles. The molecule has 1 amide bonds. The van der Waals surface area contributed by atoms with Gasteiger partial charge in [-0.05, 0) is 12.3 Å². The molecule has 0 bridgehead atoms. The highest BCUT2D eigenvalue weighted by molar-refractivity contribution is 5.98. The van der Waals surface area contributed by atoms with Gasteiger partial charge >= 0.3 is 6.18 Å². The Morgan fingerprint density at radius 1 is 1.14 bits per heavy atom. The molecule has 0 radical (unpaired) electrons. The van der Waals surface area contributed by atoms with E-state index >= 15 is 0 Å². The third kappa shape index (κ3) is 5.43. The predicted molar refractivity (Wildman–Crippen MR) is 113 cm³/mol. The molecule has 2 atom stereocenters. The van der Waals surface area contributed by atoms with Gasteiger partial charge in [0.25, 0.3) is 11.8 Å². The summed E-state index contributed by atoms with van der Waals surface area (Å²) < 4.78 is 68.8. The number of aryl methyl sites for hydroxylation is 2. The van der Waals surface area contributed by atoms with Crippen LogP contribution in [0.5, 0.6) is 0 Å². The summed E-state index contributed by atoms with van der Waals surface area (Å²) in [6.45, 7) is 0.818. The lowest BCUT2D eigenvalue weighted by atomic mass is 9.85. The lowest BCUT2D eigenvalue weighted by Crippen LogP contribution is -2.55. The van der Waals surface area contributed by atoms with E-state index in [0.717, 1.165) is 4.90 Å². The molecule has 3 aromatic rings. The molecular formula is C22H22F5N7O. The van der Waals surface area contributed by atoms with Crippen molar-refractivity contribution in [1.29, 1.82) is 0 Å². The maximum absolute atomic E-state index is 14.5. The molecule has 0 spiro atoms. The second-order valence-corrected chi connectivity index (χ2v) is 8.62. The Morgan fingerprint density at radius 3 is 2.49 bits per heavy atom. The van der Waals surface area contributed by atoms with Gasteiger partial charge in [0.2, 0.25) is 0 Å². The minimum Gasteiger partial charge on any atom is -0.328 e. The van der Waals surface area contributed by atoms with Crippen LogP contribution in [-0.2, 0) is 19.6 Å². The molecule has 1 aliphatic rings. The van der Waals surface area contributed by atoms with Crippen LogP contribution in [0.2, 0.25) is 0 Å². The number of alkyl halides is 5. The van der Waals surface area contributed by atoms with Gasteiger partial charge in [-0.3, -0.25) is 19.4 Å². The van der Waals surface area contributed by atoms with Gasteiger partial charge in [0.15, 0.2) is 5.69 Å². The zero-order chi connectivity index (χ0) is 25.4. The van der Waals surface area contributed by atoms with E-state index in [2.05, 4.69) is 25.0 Å². The Balaban J connectivity index is 1.60. The molecule has 186 valence electrons. The van der Waals surface area contributed by atoms with Crippen LogP contribution in [0, 0.1) is 5.92 Å². The van der Waals surface area contributed by atoms with Crippen LogP contribution < -0.4 is 0 Å². The highest BCUT2D eigenvalue weighted by Crippen LogP contribution is 2.37. The molecule has 4 rings (SSSR count). The number of carbonyl (C=O) groups excluding carboxylic acids is 1.